The number of hydrogen-bond acceptors (Lipinski definition) is 5. The summed E-state index contributed by atoms with van der Waals surface area (Å²) in [6.45, 7) is 1.11. The van der Waals surface area contributed by atoms with Crippen LogP contribution in [0.1, 0.15) is 11.5 Å². The summed E-state index contributed by atoms with van der Waals surface area (Å²) in [4.78, 5) is 4.28. The van der Waals surface area contributed by atoms with Crippen LogP contribution in [-0.4, -0.2) is 23.9 Å². The average molecular weight is 233 g/mol. The fourth-order valence-electron chi connectivity index (χ4n) is 1.45. The normalized spacial score (nSPS) is 10.7. The minimum Gasteiger partial charge on any atom is -0.384 e. The second-order valence-electron chi connectivity index (χ2n) is 3.66. The summed E-state index contributed by atoms with van der Waals surface area (Å²) in [7, 11) is 1.64. The molecule has 2 rings (SSSR count). The number of hydrogen-bond donors (Lipinski definition) is 1. The molecule has 0 radical (unpaired) electrons. The molecule has 1 heterocycles. The van der Waals surface area contributed by atoms with Gasteiger partial charge < -0.3 is 15.0 Å². The fraction of sp³-hybridized carbons (Fsp3) is 0.333. The second kappa shape index (κ2) is 5.56. The monoisotopic (exact) mass is 233 g/mol. The number of methoxy groups -OCH3 is 1. The average Bonchev–Trinajstić information content (AvgIpc) is 2.85. The molecule has 0 saturated heterocycles. The third-order valence-electron chi connectivity index (χ3n) is 2.44. The molecule has 0 amide bonds. The summed E-state index contributed by atoms with van der Waals surface area (Å²) >= 11 is 0. The van der Waals surface area contributed by atoms with E-state index >= 15 is 0 Å². The Hall–Kier alpha value is -1.72. The van der Waals surface area contributed by atoms with E-state index in [4.69, 9.17) is 15.0 Å². The molecule has 0 unspecified atom stereocenters. The Morgan fingerprint density at radius 3 is 2.71 bits per heavy atom. The van der Waals surface area contributed by atoms with Crippen LogP contribution in [0.4, 0.5) is 0 Å². The standard InChI is InChI=1S/C12H15N3O2/c1-16-7-6-11-14-12(15-17-11)10-4-2-9(8-13)3-5-10/h2-5H,6-8,13H2,1H3. The summed E-state index contributed by atoms with van der Waals surface area (Å²) in [6, 6.07) is 7.79. The lowest BCUT2D eigenvalue weighted by atomic mass is 10.1. The van der Waals surface area contributed by atoms with Crippen molar-refractivity contribution in [1.29, 1.82) is 0 Å². The maximum absolute atomic E-state index is 5.53. The molecular formula is C12H15N3O2. The van der Waals surface area contributed by atoms with E-state index in [1.54, 1.807) is 7.11 Å². The second-order valence-corrected chi connectivity index (χ2v) is 3.66. The molecule has 0 fully saturated rings. The van der Waals surface area contributed by atoms with Gasteiger partial charge in [0.05, 0.1) is 13.0 Å². The minimum atomic E-state index is 0.533. The Morgan fingerprint density at radius 2 is 2.06 bits per heavy atom. The molecule has 0 aliphatic carbocycles. The lowest BCUT2D eigenvalue weighted by Crippen LogP contribution is -1.95. The molecule has 90 valence electrons. The van der Waals surface area contributed by atoms with Crippen molar-refractivity contribution in [2.24, 2.45) is 5.73 Å². The highest BCUT2D eigenvalue weighted by Gasteiger charge is 2.07. The molecule has 2 aromatic rings. The largest absolute Gasteiger partial charge is 0.384 e. The Balaban J connectivity index is 2.12. The predicted molar refractivity (Wildman–Crippen MR) is 63.2 cm³/mol. The van der Waals surface area contributed by atoms with Gasteiger partial charge in [-0.15, -0.1) is 0 Å². The molecule has 0 bridgehead atoms. The number of aromatic nitrogens is 2. The van der Waals surface area contributed by atoms with E-state index in [9.17, 15) is 0 Å². The van der Waals surface area contributed by atoms with Crippen molar-refractivity contribution in [2.75, 3.05) is 13.7 Å². The van der Waals surface area contributed by atoms with Crippen LogP contribution in [0.3, 0.4) is 0 Å². The zero-order valence-electron chi connectivity index (χ0n) is 9.72. The Morgan fingerprint density at radius 1 is 1.29 bits per heavy atom. The molecule has 0 spiro atoms. The molecular weight excluding hydrogens is 218 g/mol. The zero-order valence-corrected chi connectivity index (χ0v) is 9.72. The first-order chi connectivity index (χ1) is 8.33. The van der Waals surface area contributed by atoms with Gasteiger partial charge in [0.15, 0.2) is 0 Å². The number of ether oxygens (including phenoxy) is 1. The molecule has 1 aromatic carbocycles. The van der Waals surface area contributed by atoms with Crippen LogP contribution in [0.15, 0.2) is 28.8 Å². The zero-order chi connectivity index (χ0) is 12.1. The van der Waals surface area contributed by atoms with E-state index in [0.29, 0.717) is 31.3 Å². The first kappa shape index (κ1) is 11.8. The third kappa shape index (κ3) is 2.89. The summed E-state index contributed by atoms with van der Waals surface area (Å²) in [5.41, 5.74) is 7.54. The van der Waals surface area contributed by atoms with E-state index < -0.39 is 0 Å². The maximum Gasteiger partial charge on any atom is 0.229 e. The van der Waals surface area contributed by atoms with Gasteiger partial charge in [0.1, 0.15) is 0 Å². The van der Waals surface area contributed by atoms with Gasteiger partial charge in [-0.2, -0.15) is 4.98 Å². The molecule has 0 atom stereocenters. The van der Waals surface area contributed by atoms with E-state index in [1.165, 1.54) is 0 Å². The van der Waals surface area contributed by atoms with Gasteiger partial charge >= 0.3 is 0 Å². The van der Waals surface area contributed by atoms with Gasteiger partial charge in [0.25, 0.3) is 0 Å². The van der Waals surface area contributed by atoms with Crippen LogP contribution in [0, 0.1) is 0 Å². The molecule has 5 heteroatoms. The fourth-order valence-corrected chi connectivity index (χ4v) is 1.45. The van der Waals surface area contributed by atoms with E-state index in [-0.39, 0.29) is 0 Å². The van der Waals surface area contributed by atoms with Gasteiger partial charge in [-0.05, 0) is 5.56 Å². The van der Waals surface area contributed by atoms with Crippen LogP contribution < -0.4 is 5.73 Å². The van der Waals surface area contributed by atoms with Crippen LogP contribution in [0.5, 0.6) is 0 Å². The quantitative estimate of drug-likeness (QED) is 0.844. The number of nitrogens with two attached hydrogens (primary N) is 1. The summed E-state index contributed by atoms with van der Waals surface area (Å²) in [5, 5.41) is 3.92. The summed E-state index contributed by atoms with van der Waals surface area (Å²) in [5.74, 6) is 1.18. The molecule has 1 aromatic heterocycles. The van der Waals surface area contributed by atoms with Gasteiger partial charge in [-0.1, -0.05) is 29.4 Å². The highest BCUT2D eigenvalue weighted by molar-refractivity contribution is 5.54. The van der Waals surface area contributed by atoms with Crippen molar-refractivity contribution >= 4 is 0 Å². The van der Waals surface area contributed by atoms with Crippen molar-refractivity contribution in [1.82, 2.24) is 10.1 Å². The van der Waals surface area contributed by atoms with Crippen molar-refractivity contribution in [2.45, 2.75) is 13.0 Å². The minimum absolute atomic E-state index is 0.533. The lowest BCUT2D eigenvalue weighted by molar-refractivity contribution is 0.192. The highest BCUT2D eigenvalue weighted by Crippen LogP contribution is 2.16. The topological polar surface area (TPSA) is 74.2 Å². The van der Waals surface area contributed by atoms with E-state index in [1.807, 2.05) is 24.3 Å². The Labute approximate surface area is 99.6 Å². The van der Waals surface area contributed by atoms with E-state index in [0.717, 1.165) is 11.1 Å². The first-order valence-corrected chi connectivity index (χ1v) is 5.44. The summed E-state index contributed by atoms with van der Waals surface area (Å²) in [6.07, 6.45) is 0.629. The summed E-state index contributed by atoms with van der Waals surface area (Å²) < 4.78 is 10.1. The van der Waals surface area contributed by atoms with Crippen molar-refractivity contribution in [3.05, 3.63) is 35.7 Å². The molecule has 0 saturated carbocycles. The van der Waals surface area contributed by atoms with E-state index in [2.05, 4.69) is 10.1 Å². The number of nitrogens with zero attached hydrogens (tertiary/aromatic N) is 2. The molecule has 0 aliphatic rings. The lowest BCUT2D eigenvalue weighted by Gasteiger charge is -1.97. The van der Waals surface area contributed by atoms with Crippen molar-refractivity contribution in [3.63, 3.8) is 0 Å². The van der Waals surface area contributed by atoms with Crippen molar-refractivity contribution < 1.29 is 9.26 Å². The number of rotatable bonds is 5. The SMILES string of the molecule is COCCc1nc(-c2ccc(CN)cc2)no1. The molecule has 5 nitrogen and oxygen atoms in total. The number of benzene rings is 1. The maximum atomic E-state index is 5.53. The third-order valence-corrected chi connectivity index (χ3v) is 2.44. The molecule has 0 aliphatic heterocycles. The van der Waals surface area contributed by atoms with Crippen molar-refractivity contribution in [3.8, 4) is 11.4 Å². The highest BCUT2D eigenvalue weighted by atomic mass is 16.5. The van der Waals surface area contributed by atoms with Crippen LogP contribution in [-0.2, 0) is 17.7 Å². The van der Waals surface area contributed by atoms with Gasteiger partial charge in [0, 0.05) is 19.2 Å². The van der Waals surface area contributed by atoms with Crippen LogP contribution in [0.25, 0.3) is 11.4 Å². The first-order valence-electron chi connectivity index (χ1n) is 5.44. The predicted octanol–water partition coefficient (Wildman–Crippen LogP) is 1.38. The van der Waals surface area contributed by atoms with Gasteiger partial charge in [-0.3, -0.25) is 0 Å². The van der Waals surface area contributed by atoms with Crippen LogP contribution >= 0.6 is 0 Å². The smallest absolute Gasteiger partial charge is 0.229 e. The Kier molecular flexibility index (Phi) is 3.85. The van der Waals surface area contributed by atoms with Crippen LogP contribution in [0.2, 0.25) is 0 Å². The van der Waals surface area contributed by atoms with Gasteiger partial charge in [-0.25, -0.2) is 0 Å². The molecule has 17 heavy (non-hydrogen) atoms. The van der Waals surface area contributed by atoms with Gasteiger partial charge in [0.2, 0.25) is 11.7 Å². The molecule has 2 N–H and O–H groups in total. The Bertz CT molecular complexity index is 465.